The molecule has 0 saturated carbocycles. The Balaban J connectivity index is 2.77. The molecule has 4 nitrogen and oxygen atoms in total. The Morgan fingerprint density at radius 3 is 2.21 bits per heavy atom. The molecular formula is C20H24O4. The van der Waals surface area contributed by atoms with Gasteiger partial charge in [0.2, 0.25) is 0 Å². The molecule has 2 aromatic rings. The van der Waals surface area contributed by atoms with E-state index in [0.29, 0.717) is 17.7 Å². The number of methoxy groups -OCH3 is 2. The Hall–Kier alpha value is -2.49. The summed E-state index contributed by atoms with van der Waals surface area (Å²) in [5.74, 6) is 0.536. The van der Waals surface area contributed by atoms with Crippen molar-refractivity contribution in [3.05, 3.63) is 41.0 Å². The third kappa shape index (κ3) is 3.37. The lowest BCUT2D eigenvalue weighted by molar-refractivity contribution is -0.132. The summed E-state index contributed by atoms with van der Waals surface area (Å²) in [4.78, 5) is 11.6. The summed E-state index contributed by atoms with van der Waals surface area (Å²) < 4.78 is 11.2. The van der Waals surface area contributed by atoms with Crippen LogP contribution in [0, 0.1) is 6.92 Å². The normalized spacial score (nSPS) is 11.6. The van der Waals surface area contributed by atoms with Crippen molar-refractivity contribution in [1.82, 2.24) is 0 Å². The molecule has 0 spiro atoms. The van der Waals surface area contributed by atoms with Crippen molar-refractivity contribution in [2.45, 2.75) is 33.1 Å². The van der Waals surface area contributed by atoms with E-state index in [1.165, 1.54) is 0 Å². The molecule has 0 aliphatic carbocycles. The summed E-state index contributed by atoms with van der Waals surface area (Å²) in [7, 11) is 3.24. The van der Waals surface area contributed by atoms with Crippen molar-refractivity contribution in [3.8, 4) is 11.5 Å². The van der Waals surface area contributed by atoms with E-state index in [1.807, 2.05) is 38.1 Å². The van der Waals surface area contributed by atoms with E-state index in [4.69, 9.17) is 9.47 Å². The minimum Gasteiger partial charge on any atom is -0.496 e. The van der Waals surface area contributed by atoms with Gasteiger partial charge in [0.05, 0.1) is 14.2 Å². The average Bonchev–Trinajstić information content (AvgIpc) is 2.58. The predicted molar refractivity (Wildman–Crippen MR) is 96.9 cm³/mol. The molecule has 0 aliphatic rings. The Labute approximate surface area is 142 Å². The summed E-state index contributed by atoms with van der Waals surface area (Å²) in [5, 5.41) is 11.4. The number of benzene rings is 2. The van der Waals surface area contributed by atoms with Gasteiger partial charge < -0.3 is 14.6 Å². The summed E-state index contributed by atoms with van der Waals surface area (Å²) in [6.45, 7) is 3.98. The fourth-order valence-electron chi connectivity index (χ4n) is 2.96. The molecule has 0 radical (unpaired) electrons. The molecule has 0 amide bonds. The molecule has 2 rings (SSSR count). The zero-order chi connectivity index (χ0) is 17.7. The number of carboxylic acids is 1. The first kappa shape index (κ1) is 17.9. The SMILES string of the molecule is CCCC/C(=C\c1c(C)c(OC)c2ccccc2c1OC)C(=O)O. The summed E-state index contributed by atoms with van der Waals surface area (Å²) in [6.07, 6.45) is 4.04. The highest BCUT2D eigenvalue weighted by Gasteiger charge is 2.18. The number of fused-ring (bicyclic) bond motifs is 1. The van der Waals surface area contributed by atoms with Crippen LogP contribution in [0.3, 0.4) is 0 Å². The molecular weight excluding hydrogens is 304 g/mol. The highest BCUT2D eigenvalue weighted by Crippen LogP contribution is 2.41. The Bertz CT molecular complexity index is 775. The Morgan fingerprint density at radius 2 is 1.71 bits per heavy atom. The van der Waals surface area contributed by atoms with E-state index < -0.39 is 5.97 Å². The molecule has 0 aromatic heterocycles. The molecule has 0 fully saturated rings. The van der Waals surface area contributed by atoms with Crippen molar-refractivity contribution in [1.29, 1.82) is 0 Å². The first-order valence-electron chi connectivity index (χ1n) is 8.12. The van der Waals surface area contributed by atoms with Crippen LogP contribution in [0.25, 0.3) is 16.8 Å². The fraction of sp³-hybridized carbons (Fsp3) is 0.350. The summed E-state index contributed by atoms with van der Waals surface area (Å²) >= 11 is 0. The van der Waals surface area contributed by atoms with Gasteiger partial charge in [-0.15, -0.1) is 0 Å². The van der Waals surface area contributed by atoms with Gasteiger partial charge in [0.25, 0.3) is 0 Å². The second-order valence-electron chi connectivity index (χ2n) is 5.73. The van der Waals surface area contributed by atoms with Gasteiger partial charge in [0.15, 0.2) is 0 Å². The highest BCUT2D eigenvalue weighted by atomic mass is 16.5. The first-order chi connectivity index (χ1) is 11.5. The van der Waals surface area contributed by atoms with Crippen molar-refractivity contribution < 1.29 is 19.4 Å². The zero-order valence-corrected chi connectivity index (χ0v) is 14.7. The van der Waals surface area contributed by atoms with Crippen LogP contribution < -0.4 is 9.47 Å². The van der Waals surface area contributed by atoms with Gasteiger partial charge in [0, 0.05) is 27.5 Å². The molecule has 2 aromatic carbocycles. The lowest BCUT2D eigenvalue weighted by atomic mass is 9.95. The predicted octanol–water partition coefficient (Wildman–Crippen LogP) is 4.82. The van der Waals surface area contributed by atoms with Crippen LogP contribution in [0.2, 0.25) is 0 Å². The first-order valence-corrected chi connectivity index (χ1v) is 8.12. The third-order valence-electron chi connectivity index (χ3n) is 4.21. The van der Waals surface area contributed by atoms with Crippen LogP contribution in [-0.4, -0.2) is 25.3 Å². The highest BCUT2D eigenvalue weighted by molar-refractivity contribution is 6.00. The number of unbranched alkanes of at least 4 members (excludes halogenated alkanes) is 1. The van der Waals surface area contributed by atoms with E-state index in [1.54, 1.807) is 20.3 Å². The molecule has 0 saturated heterocycles. The molecule has 0 unspecified atom stereocenters. The number of rotatable bonds is 7. The largest absolute Gasteiger partial charge is 0.496 e. The van der Waals surface area contributed by atoms with Gasteiger partial charge >= 0.3 is 5.97 Å². The minimum atomic E-state index is -0.892. The van der Waals surface area contributed by atoms with Crippen LogP contribution in [0.1, 0.15) is 37.3 Å². The lowest BCUT2D eigenvalue weighted by Crippen LogP contribution is -2.03. The van der Waals surface area contributed by atoms with Gasteiger partial charge in [-0.05, 0) is 25.8 Å². The van der Waals surface area contributed by atoms with Gasteiger partial charge in [0.1, 0.15) is 11.5 Å². The maximum atomic E-state index is 11.6. The van der Waals surface area contributed by atoms with Crippen molar-refractivity contribution in [2.75, 3.05) is 14.2 Å². The van der Waals surface area contributed by atoms with E-state index in [9.17, 15) is 9.90 Å². The smallest absolute Gasteiger partial charge is 0.331 e. The summed E-state index contributed by atoms with van der Waals surface area (Å²) in [5.41, 5.74) is 2.03. The van der Waals surface area contributed by atoms with E-state index in [2.05, 4.69) is 0 Å². The molecule has 0 bridgehead atoms. The number of hydrogen-bond acceptors (Lipinski definition) is 3. The number of ether oxygens (including phenoxy) is 2. The van der Waals surface area contributed by atoms with Crippen LogP contribution in [-0.2, 0) is 4.79 Å². The van der Waals surface area contributed by atoms with Gasteiger partial charge in [-0.25, -0.2) is 4.79 Å². The number of carboxylic acid groups (broad SMARTS) is 1. The second kappa shape index (κ2) is 7.86. The van der Waals surface area contributed by atoms with E-state index in [0.717, 1.165) is 40.5 Å². The maximum absolute atomic E-state index is 11.6. The topological polar surface area (TPSA) is 55.8 Å². The Kier molecular flexibility index (Phi) is 5.85. The molecule has 4 heteroatoms. The van der Waals surface area contributed by atoms with Crippen molar-refractivity contribution in [3.63, 3.8) is 0 Å². The maximum Gasteiger partial charge on any atom is 0.331 e. The van der Waals surface area contributed by atoms with E-state index >= 15 is 0 Å². The van der Waals surface area contributed by atoms with Crippen LogP contribution in [0.15, 0.2) is 29.8 Å². The molecule has 1 N–H and O–H groups in total. The summed E-state index contributed by atoms with van der Waals surface area (Å²) in [6, 6.07) is 7.82. The van der Waals surface area contributed by atoms with Crippen molar-refractivity contribution in [2.24, 2.45) is 0 Å². The molecule has 0 atom stereocenters. The van der Waals surface area contributed by atoms with E-state index in [-0.39, 0.29) is 0 Å². The van der Waals surface area contributed by atoms with Gasteiger partial charge in [-0.1, -0.05) is 37.6 Å². The second-order valence-corrected chi connectivity index (χ2v) is 5.73. The lowest BCUT2D eigenvalue weighted by Gasteiger charge is -2.17. The molecule has 24 heavy (non-hydrogen) atoms. The third-order valence-corrected chi connectivity index (χ3v) is 4.21. The number of carbonyl (C=O) groups is 1. The van der Waals surface area contributed by atoms with Gasteiger partial charge in [-0.3, -0.25) is 0 Å². The monoisotopic (exact) mass is 328 g/mol. The van der Waals surface area contributed by atoms with Crippen LogP contribution in [0.5, 0.6) is 11.5 Å². The molecule has 128 valence electrons. The zero-order valence-electron chi connectivity index (χ0n) is 14.7. The Morgan fingerprint density at radius 1 is 1.12 bits per heavy atom. The fourth-order valence-corrected chi connectivity index (χ4v) is 2.96. The quantitative estimate of drug-likeness (QED) is 0.740. The van der Waals surface area contributed by atoms with Crippen LogP contribution >= 0.6 is 0 Å². The van der Waals surface area contributed by atoms with Crippen molar-refractivity contribution >= 4 is 22.8 Å². The van der Waals surface area contributed by atoms with Gasteiger partial charge in [-0.2, -0.15) is 0 Å². The standard InChI is InChI=1S/C20H24O4/c1-5-6-9-14(20(21)22)12-17-13(2)18(23-3)15-10-7-8-11-16(15)19(17)24-4/h7-8,10-12H,5-6,9H2,1-4H3,(H,21,22)/b14-12+. The number of hydrogen-bond donors (Lipinski definition) is 1. The average molecular weight is 328 g/mol. The molecule has 0 heterocycles. The molecule has 0 aliphatic heterocycles. The van der Waals surface area contributed by atoms with Crippen LogP contribution in [0.4, 0.5) is 0 Å². The number of aliphatic carboxylic acids is 1. The minimum absolute atomic E-state index is 0.385.